The lowest BCUT2D eigenvalue weighted by molar-refractivity contribution is -0.117. The average Bonchev–Trinajstić information content (AvgIpc) is 2.91. The molecule has 5 nitrogen and oxygen atoms in total. The van der Waals surface area contributed by atoms with Gasteiger partial charge in [-0.15, -0.1) is 0 Å². The zero-order valence-electron chi connectivity index (χ0n) is 20.0. The van der Waals surface area contributed by atoms with Gasteiger partial charge in [0, 0.05) is 0 Å². The summed E-state index contributed by atoms with van der Waals surface area (Å²) in [6.45, 7) is 2.27. The fraction of sp³-hybridized carbons (Fsp3) is 0.133. The SMILES string of the molecule is COc1cc(/C=C(/C#N)C(=O)N[C@@H](C)c2ccccc2)cc(I)c1OCc1cccc2ccccc12. The van der Waals surface area contributed by atoms with Crippen LogP contribution in [0.2, 0.25) is 0 Å². The van der Waals surface area contributed by atoms with Crippen LogP contribution in [0.15, 0.2) is 90.5 Å². The molecule has 6 heteroatoms. The van der Waals surface area contributed by atoms with Crippen molar-refractivity contribution in [1.82, 2.24) is 5.32 Å². The summed E-state index contributed by atoms with van der Waals surface area (Å²) in [5.74, 6) is 0.715. The maximum absolute atomic E-state index is 12.8. The quantitative estimate of drug-likeness (QED) is 0.139. The Balaban J connectivity index is 1.54. The third-order valence-electron chi connectivity index (χ3n) is 5.83. The molecule has 36 heavy (non-hydrogen) atoms. The van der Waals surface area contributed by atoms with Gasteiger partial charge >= 0.3 is 0 Å². The van der Waals surface area contributed by atoms with Crippen molar-refractivity contribution in [3.8, 4) is 17.6 Å². The van der Waals surface area contributed by atoms with E-state index < -0.39 is 5.91 Å². The number of nitrogens with one attached hydrogen (secondary N) is 1. The van der Waals surface area contributed by atoms with E-state index in [4.69, 9.17) is 9.47 Å². The van der Waals surface area contributed by atoms with Gasteiger partial charge < -0.3 is 14.8 Å². The van der Waals surface area contributed by atoms with Gasteiger partial charge in [0.15, 0.2) is 11.5 Å². The summed E-state index contributed by atoms with van der Waals surface area (Å²) in [7, 11) is 1.57. The molecule has 4 rings (SSSR count). The van der Waals surface area contributed by atoms with Crippen LogP contribution in [0.3, 0.4) is 0 Å². The number of carbonyl (C=O) groups excluding carboxylic acids is 1. The fourth-order valence-electron chi connectivity index (χ4n) is 3.95. The molecule has 4 aromatic rings. The van der Waals surface area contributed by atoms with Gasteiger partial charge in [0.25, 0.3) is 5.91 Å². The van der Waals surface area contributed by atoms with Gasteiger partial charge in [-0.2, -0.15) is 5.26 Å². The zero-order chi connectivity index (χ0) is 25.5. The van der Waals surface area contributed by atoms with Gasteiger partial charge in [-0.3, -0.25) is 4.79 Å². The van der Waals surface area contributed by atoms with Crippen LogP contribution < -0.4 is 14.8 Å². The van der Waals surface area contributed by atoms with Gasteiger partial charge in [-0.05, 0) is 75.2 Å². The van der Waals surface area contributed by atoms with Gasteiger partial charge in [-0.1, -0.05) is 72.8 Å². The predicted molar refractivity (Wildman–Crippen MR) is 151 cm³/mol. The van der Waals surface area contributed by atoms with E-state index in [-0.39, 0.29) is 11.6 Å². The Labute approximate surface area is 224 Å². The van der Waals surface area contributed by atoms with Crippen molar-refractivity contribution >= 4 is 45.3 Å². The minimum absolute atomic E-state index is 0.0139. The van der Waals surface area contributed by atoms with Crippen LogP contribution in [-0.2, 0) is 11.4 Å². The van der Waals surface area contributed by atoms with Crippen LogP contribution in [0.4, 0.5) is 0 Å². The van der Waals surface area contributed by atoms with Crippen molar-refractivity contribution in [3.63, 3.8) is 0 Å². The van der Waals surface area contributed by atoms with E-state index in [1.165, 1.54) is 0 Å². The molecule has 0 spiro atoms. The Morgan fingerprint density at radius 1 is 1.06 bits per heavy atom. The maximum Gasteiger partial charge on any atom is 0.262 e. The summed E-state index contributed by atoms with van der Waals surface area (Å²) < 4.78 is 12.6. The number of methoxy groups -OCH3 is 1. The second kappa shape index (κ2) is 11.7. The van der Waals surface area contributed by atoms with Gasteiger partial charge in [0.1, 0.15) is 18.2 Å². The van der Waals surface area contributed by atoms with Gasteiger partial charge in [0.05, 0.1) is 16.7 Å². The largest absolute Gasteiger partial charge is 0.493 e. The standard InChI is InChI=1S/C30H25IN2O3/c1-20(22-9-4-3-5-10-22)33-30(34)25(18-32)15-21-16-27(31)29(28(17-21)35-2)36-19-24-13-8-12-23-11-6-7-14-26(23)24/h3-17,20H,19H2,1-2H3,(H,33,34)/b25-15-/t20-/m0/s1. The third kappa shape index (κ3) is 5.86. The summed E-state index contributed by atoms with van der Waals surface area (Å²) in [4.78, 5) is 12.8. The highest BCUT2D eigenvalue weighted by atomic mass is 127. The molecule has 0 heterocycles. The first-order valence-electron chi connectivity index (χ1n) is 11.4. The summed E-state index contributed by atoms with van der Waals surface area (Å²) in [5, 5.41) is 14.8. The lowest BCUT2D eigenvalue weighted by Crippen LogP contribution is -2.27. The van der Waals surface area contributed by atoms with E-state index in [2.05, 4.69) is 46.1 Å². The molecule has 1 N–H and O–H groups in total. The summed E-state index contributed by atoms with van der Waals surface area (Å²) >= 11 is 2.18. The molecule has 0 aliphatic heterocycles. The lowest BCUT2D eigenvalue weighted by atomic mass is 10.1. The minimum atomic E-state index is -0.431. The molecule has 0 aromatic heterocycles. The molecule has 0 unspecified atom stereocenters. The Bertz CT molecular complexity index is 1450. The smallest absolute Gasteiger partial charge is 0.262 e. The number of halogens is 1. The number of hydrogen-bond donors (Lipinski definition) is 1. The molecule has 0 aliphatic rings. The van der Waals surface area contributed by atoms with E-state index in [0.717, 1.165) is 25.5 Å². The Hall–Kier alpha value is -3.83. The molecule has 180 valence electrons. The topological polar surface area (TPSA) is 71.3 Å². The van der Waals surface area contributed by atoms with E-state index in [1.807, 2.05) is 73.7 Å². The van der Waals surface area contributed by atoms with Crippen molar-refractivity contribution in [2.75, 3.05) is 7.11 Å². The van der Waals surface area contributed by atoms with E-state index in [9.17, 15) is 10.1 Å². The lowest BCUT2D eigenvalue weighted by Gasteiger charge is -2.15. The third-order valence-corrected chi connectivity index (χ3v) is 6.63. The minimum Gasteiger partial charge on any atom is -0.493 e. The van der Waals surface area contributed by atoms with Crippen LogP contribution in [0, 0.1) is 14.9 Å². The first-order chi connectivity index (χ1) is 17.5. The van der Waals surface area contributed by atoms with Crippen molar-refractivity contribution < 1.29 is 14.3 Å². The van der Waals surface area contributed by atoms with E-state index in [0.29, 0.717) is 23.7 Å². The van der Waals surface area contributed by atoms with Gasteiger partial charge in [-0.25, -0.2) is 0 Å². The fourth-order valence-corrected chi connectivity index (χ4v) is 4.73. The molecular weight excluding hydrogens is 563 g/mol. The molecule has 1 amide bonds. The normalized spacial score (nSPS) is 12.0. The van der Waals surface area contributed by atoms with Crippen LogP contribution in [-0.4, -0.2) is 13.0 Å². The van der Waals surface area contributed by atoms with Crippen LogP contribution >= 0.6 is 22.6 Å². The summed E-state index contributed by atoms with van der Waals surface area (Å²) in [6.07, 6.45) is 1.56. The number of fused-ring (bicyclic) bond motifs is 1. The second-order valence-corrected chi connectivity index (χ2v) is 9.40. The van der Waals surface area contributed by atoms with E-state index >= 15 is 0 Å². The number of amides is 1. The summed E-state index contributed by atoms with van der Waals surface area (Å²) in [6, 6.07) is 29.4. The number of benzene rings is 4. The van der Waals surface area contributed by atoms with Crippen molar-refractivity contribution in [3.05, 3.63) is 111 Å². The first kappa shape index (κ1) is 25.3. The Morgan fingerprint density at radius 2 is 1.78 bits per heavy atom. The zero-order valence-corrected chi connectivity index (χ0v) is 22.2. The highest BCUT2D eigenvalue weighted by Gasteiger charge is 2.16. The molecule has 0 saturated heterocycles. The van der Waals surface area contributed by atoms with Crippen molar-refractivity contribution in [2.24, 2.45) is 0 Å². The Morgan fingerprint density at radius 3 is 2.53 bits per heavy atom. The predicted octanol–water partition coefficient (Wildman–Crippen LogP) is 6.82. The molecular formula is C30H25IN2O3. The first-order valence-corrected chi connectivity index (χ1v) is 12.5. The number of rotatable bonds is 8. The molecule has 0 saturated carbocycles. The van der Waals surface area contributed by atoms with E-state index in [1.54, 1.807) is 19.3 Å². The van der Waals surface area contributed by atoms with Gasteiger partial charge in [0.2, 0.25) is 0 Å². The molecule has 0 fully saturated rings. The number of nitrogens with zero attached hydrogens (tertiary/aromatic N) is 1. The Kier molecular flexibility index (Phi) is 8.24. The average molecular weight is 588 g/mol. The molecule has 1 atom stereocenters. The van der Waals surface area contributed by atoms with Crippen molar-refractivity contribution in [1.29, 1.82) is 5.26 Å². The second-order valence-electron chi connectivity index (χ2n) is 8.24. The number of ether oxygens (including phenoxy) is 2. The molecule has 0 radical (unpaired) electrons. The molecule has 0 aliphatic carbocycles. The summed E-state index contributed by atoms with van der Waals surface area (Å²) in [5.41, 5.74) is 2.73. The highest BCUT2D eigenvalue weighted by molar-refractivity contribution is 14.1. The number of carbonyl (C=O) groups is 1. The molecule has 4 aromatic carbocycles. The number of hydrogen-bond acceptors (Lipinski definition) is 4. The number of nitriles is 1. The monoisotopic (exact) mass is 588 g/mol. The van der Waals surface area contributed by atoms with Crippen LogP contribution in [0.1, 0.15) is 29.7 Å². The van der Waals surface area contributed by atoms with Crippen LogP contribution in [0.5, 0.6) is 11.5 Å². The maximum atomic E-state index is 12.8. The van der Waals surface area contributed by atoms with Crippen LogP contribution in [0.25, 0.3) is 16.8 Å². The molecule has 0 bridgehead atoms. The highest BCUT2D eigenvalue weighted by Crippen LogP contribution is 2.35. The van der Waals surface area contributed by atoms with Crippen molar-refractivity contribution in [2.45, 2.75) is 19.6 Å².